The summed E-state index contributed by atoms with van der Waals surface area (Å²) >= 11 is 0. The molecule has 1 N–H and O–H groups in total. The SMILES string of the molecule is COC(=O)[C@@H]1C=C(c2ccncc2)C[N+]1(C(=O)O)C(C)(C)C. The van der Waals surface area contributed by atoms with Gasteiger partial charge in [-0.2, -0.15) is 9.28 Å². The summed E-state index contributed by atoms with van der Waals surface area (Å²) in [7, 11) is 1.28. The average Bonchev–Trinajstić information content (AvgIpc) is 2.89. The first-order valence-corrected chi connectivity index (χ1v) is 7.04. The smallest absolute Gasteiger partial charge is 0.464 e. The van der Waals surface area contributed by atoms with Gasteiger partial charge in [-0.1, -0.05) is 0 Å². The molecule has 1 aromatic rings. The lowest BCUT2D eigenvalue weighted by Crippen LogP contribution is -2.68. The summed E-state index contributed by atoms with van der Waals surface area (Å²) < 4.78 is 4.44. The lowest BCUT2D eigenvalue weighted by atomic mass is 9.99. The van der Waals surface area contributed by atoms with E-state index in [1.165, 1.54) is 7.11 Å². The molecule has 0 radical (unpaired) electrons. The molecule has 6 nitrogen and oxygen atoms in total. The van der Waals surface area contributed by atoms with Crippen molar-refractivity contribution in [1.82, 2.24) is 4.98 Å². The Bertz CT molecular complexity index is 619. The number of esters is 1. The maximum Gasteiger partial charge on any atom is 0.515 e. The average molecular weight is 305 g/mol. The van der Waals surface area contributed by atoms with Gasteiger partial charge in [0.05, 0.1) is 7.11 Å². The van der Waals surface area contributed by atoms with Crippen LogP contribution in [0.15, 0.2) is 30.6 Å². The van der Waals surface area contributed by atoms with Crippen LogP contribution in [0, 0.1) is 0 Å². The third-order valence-corrected chi connectivity index (χ3v) is 4.29. The number of carboxylic acid groups (broad SMARTS) is 1. The molecule has 0 saturated carbocycles. The molecule has 22 heavy (non-hydrogen) atoms. The maximum absolute atomic E-state index is 12.2. The number of hydrogen-bond acceptors (Lipinski definition) is 4. The summed E-state index contributed by atoms with van der Waals surface area (Å²) in [6.07, 6.45) is 3.96. The van der Waals surface area contributed by atoms with E-state index in [1.807, 2.05) is 32.9 Å². The molecule has 0 saturated heterocycles. The maximum atomic E-state index is 12.2. The van der Waals surface area contributed by atoms with Crippen LogP contribution >= 0.6 is 0 Å². The fourth-order valence-corrected chi connectivity index (χ4v) is 2.99. The van der Waals surface area contributed by atoms with E-state index in [2.05, 4.69) is 4.98 Å². The number of amides is 1. The van der Waals surface area contributed by atoms with Gasteiger partial charge in [0.25, 0.3) is 0 Å². The van der Waals surface area contributed by atoms with Crippen molar-refractivity contribution in [3.63, 3.8) is 0 Å². The Morgan fingerprint density at radius 2 is 1.91 bits per heavy atom. The van der Waals surface area contributed by atoms with Gasteiger partial charge in [-0.15, -0.1) is 0 Å². The van der Waals surface area contributed by atoms with Crippen LogP contribution in [0.5, 0.6) is 0 Å². The molecule has 1 unspecified atom stereocenters. The molecular formula is C16H21N2O4+. The van der Waals surface area contributed by atoms with Gasteiger partial charge >= 0.3 is 12.1 Å². The fraction of sp³-hybridized carbons (Fsp3) is 0.438. The lowest BCUT2D eigenvalue weighted by Gasteiger charge is -2.43. The van der Waals surface area contributed by atoms with Gasteiger partial charge in [-0.25, -0.2) is 4.79 Å². The molecule has 1 aliphatic heterocycles. The summed E-state index contributed by atoms with van der Waals surface area (Å²) in [5.74, 6) is -0.540. The van der Waals surface area contributed by atoms with Crippen LogP contribution in [0.3, 0.4) is 0 Å². The number of pyridine rings is 1. The number of methoxy groups -OCH3 is 1. The summed E-state index contributed by atoms with van der Waals surface area (Å²) in [6.45, 7) is 5.68. The van der Waals surface area contributed by atoms with Crippen molar-refractivity contribution < 1.29 is 23.9 Å². The van der Waals surface area contributed by atoms with Crippen LogP contribution in [-0.2, 0) is 9.53 Å². The third-order valence-electron chi connectivity index (χ3n) is 4.29. The second-order valence-corrected chi connectivity index (χ2v) is 6.38. The van der Waals surface area contributed by atoms with E-state index in [0.29, 0.717) is 0 Å². The van der Waals surface area contributed by atoms with Crippen molar-refractivity contribution in [1.29, 1.82) is 0 Å². The molecule has 2 atom stereocenters. The third kappa shape index (κ3) is 2.39. The summed E-state index contributed by atoms with van der Waals surface area (Å²) in [5, 5.41) is 9.90. The highest BCUT2D eigenvalue weighted by Gasteiger charge is 2.59. The molecule has 0 bridgehead atoms. The van der Waals surface area contributed by atoms with Gasteiger partial charge in [0.1, 0.15) is 12.1 Å². The number of hydrogen-bond donors (Lipinski definition) is 1. The molecule has 0 aromatic carbocycles. The predicted molar refractivity (Wildman–Crippen MR) is 80.9 cm³/mol. The molecular weight excluding hydrogens is 284 g/mol. The highest BCUT2D eigenvalue weighted by atomic mass is 16.5. The van der Waals surface area contributed by atoms with E-state index in [-0.39, 0.29) is 6.54 Å². The van der Waals surface area contributed by atoms with Crippen molar-refractivity contribution in [2.75, 3.05) is 13.7 Å². The van der Waals surface area contributed by atoms with Crippen LogP contribution in [0.2, 0.25) is 0 Å². The van der Waals surface area contributed by atoms with E-state index in [9.17, 15) is 14.7 Å². The number of ether oxygens (including phenoxy) is 1. The van der Waals surface area contributed by atoms with Gasteiger partial charge in [-0.05, 0) is 44.5 Å². The second-order valence-electron chi connectivity index (χ2n) is 6.38. The Morgan fingerprint density at radius 1 is 1.32 bits per heavy atom. The number of aromatic nitrogens is 1. The van der Waals surface area contributed by atoms with Crippen molar-refractivity contribution in [2.45, 2.75) is 32.4 Å². The van der Waals surface area contributed by atoms with E-state index in [0.717, 1.165) is 11.1 Å². The Labute approximate surface area is 129 Å². The van der Waals surface area contributed by atoms with Crippen LogP contribution < -0.4 is 0 Å². The molecule has 2 heterocycles. The molecule has 0 aliphatic carbocycles. The summed E-state index contributed by atoms with van der Waals surface area (Å²) in [4.78, 5) is 28.3. The van der Waals surface area contributed by atoms with E-state index in [4.69, 9.17) is 4.74 Å². The molecule has 0 spiro atoms. The Balaban J connectivity index is 2.57. The van der Waals surface area contributed by atoms with Crippen LogP contribution in [0.1, 0.15) is 26.3 Å². The fourth-order valence-electron chi connectivity index (χ4n) is 2.99. The number of nitrogens with zero attached hydrogens (tertiary/aromatic N) is 2. The van der Waals surface area contributed by atoms with Gasteiger partial charge in [0.2, 0.25) is 6.04 Å². The lowest BCUT2D eigenvalue weighted by molar-refractivity contribution is -0.901. The number of carbonyl (C=O) groups is 2. The second kappa shape index (κ2) is 5.53. The van der Waals surface area contributed by atoms with E-state index < -0.39 is 28.1 Å². The molecule has 0 fully saturated rings. The molecule has 1 aliphatic rings. The zero-order valence-electron chi connectivity index (χ0n) is 13.2. The summed E-state index contributed by atoms with van der Waals surface area (Å²) in [5.41, 5.74) is 1.01. The van der Waals surface area contributed by atoms with E-state index >= 15 is 0 Å². The van der Waals surface area contributed by atoms with E-state index in [1.54, 1.807) is 18.5 Å². The van der Waals surface area contributed by atoms with Crippen molar-refractivity contribution >= 4 is 17.6 Å². The Kier molecular flexibility index (Phi) is 4.06. The quantitative estimate of drug-likeness (QED) is 0.670. The number of quaternary nitrogens is 1. The minimum Gasteiger partial charge on any atom is -0.464 e. The first kappa shape index (κ1) is 16.2. The number of carbonyl (C=O) groups excluding carboxylic acids is 1. The first-order valence-electron chi connectivity index (χ1n) is 7.04. The van der Waals surface area contributed by atoms with Crippen LogP contribution in [0.4, 0.5) is 4.79 Å². The van der Waals surface area contributed by atoms with Crippen molar-refractivity contribution in [3.05, 3.63) is 36.2 Å². The predicted octanol–water partition coefficient (Wildman–Crippen LogP) is 2.31. The first-order chi connectivity index (χ1) is 10.2. The highest BCUT2D eigenvalue weighted by molar-refractivity contribution is 5.85. The zero-order chi connectivity index (χ0) is 16.5. The number of rotatable bonds is 2. The molecule has 6 heteroatoms. The molecule has 118 valence electrons. The minimum atomic E-state index is -1.04. The molecule has 1 amide bonds. The van der Waals surface area contributed by atoms with Gasteiger partial charge in [0, 0.05) is 18.0 Å². The summed E-state index contributed by atoms with van der Waals surface area (Å²) in [6, 6.07) is 2.75. The van der Waals surface area contributed by atoms with Crippen molar-refractivity contribution in [2.24, 2.45) is 0 Å². The largest absolute Gasteiger partial charge is 0.515 e. The Hall–Kier alpha value is -2.21. The topological polar surface area (TPSA) is 76.5 Å². The van der Waals surface area contributed by atoms with Gasteiger partial charge in [0.15, 0.2) is 0 Å². The standard InChI is InChI=1S/C16H20N2O4/c1-16(2,3)18(15(20)21)10-12(9-13(18)14(19)22-4)11-5-7-17-8-6-11/h5-9,13H,10H2,1-4H3/p+1/t13-,18?/m0/s1. The Morgan fingerprint density at radius 3 is 2.36 bits per heavy atom. The highest BCUT2D eigenvalue weighted by Crippen LogP contribution is 2.39. The zero-order valence-corrected chi connectivity index (χ0v) is 13.2. The van der Waals surface area contributed by atoms with Gasteiger partial charge in [-0.3, -0.25) is 4.98 Å². The van der Waals surface area contributed by atoms with Gasteiger partial charge < -0.3 is 9.84 Å². The molecule has 2 rings (SSSR count). The van der Waals surface area contributed by atoms with Crippen molar-refractivity contribution in [3.8, 4) is 0 Å². The van der Waals surface area contributed by atoms with Crippen LogP contribution in [-0.4, -0.2) is 51.9 Å². The minimum absolute atomic E-state index is 0.225. The molecule has 1 aromatic heterocycles. The monoisotopic (exact) mass is 305 g/mol. The van der Waals surface area contributed by atoms with Crippen LogP contribution in [0.25, 0.3) is 5.57 Å². The normalized spacial score (nSPS) is 24.7.